The highest BCUT2D eigenvalue weighted by molar-refractivity contribution is 6.14. The predicted octanol–water partition coefficient (Wildman–Crippen LogP) is 2.63. The Morgan fingerprint density at radius 2 is 1.72 bits per heavy atom. The van der Waals surface area contributed by atoms with Crippen molar-refractivity contribution in [2.45, 2.75) is 38.1 Å². The lowest BCUT2D eigenvalue weighted by atomic mass is 9.94. The van der Waals surface area contributed by atoms with Crippen LogP contribution in [0.4, 0.5) is 4.79 Å². The van der Waals surface area contributed by atoms with E-state index in [2.05, 4.69) is 5.32 Å². The molecule has 1 heterocycles. The summed E-state index contributed by atoms with van der Waals surface area (Å²) in [6.45, 7) is 0. The van der Waals surface area contributed by atoms with E-state index < -0.39 is 0 Å². The van der Waals surface area contributed by atoms with Crippen LogP contribution < -0.4 is 14.8 Å². The fourth-order valence-electron chi connectivity index (χ4n) is 3.38. The lowest BCUT2D eigenvalue weighted by Gasteiger charge is -2.28. The smallest absolute Gasteiger partial charge is 0.329 e. The number of hydrogen-bond donors (Lipinski definition) is 2. The molecule has 2 N–H and O–H groups in total. The standard InChI is InChI=1S/C18H22N2O5/c1-24-14-9-11(10-15(25-2)16(14)21)8-13-17(22)20(18(23)19-13)12-6-4-3-5-7-12/h8-10,12,21H,3-7H2,1-2H3,(H,19,23)/b13-8-. The summed E-state index contributed by atoms with van der Waals surface area (Å²) in [4.78, 5) is 26.2. The van der Waals surface area contributed by atoms with Gasteiger partial charge < -0.3 is 19.9 Å². The van der Waals surface area contributed by atoms with Crippen LogP contribution in [-0.2, 0) is 4.79 Å². The molecule has 0 bridgehead atoms. The lowest BCUT2D eigenvalue weighted by molar-refractivity contribution is -0.124. The average Bonchev–Trinajstić information content (AvgIpc) is 2.90. The number of rotatable bonds is 4. The van der Waals surface area contributed by atoms with Gasteiger partial charge in [0.15, 0.2) is 11.5 Å². The van der Waals surface area contributed by atoms with E-state index in [1.165, 1.54) is 19.1 Å². The largest absolute Gasteiger partial charge is 0.502 e. The van der Waals surface area contributed by atoms with E-state index in [1.807, 2.05) is 0 Å². The van der Waals surface area contributed by atoms with Gasteiger partial charge in [-0.05, 0) is 36.6 Å². The van der Waals surface area contributed by atoms with Gasteiger partial charge in [0.2, 0.25) is 5.75 Å². The highest BCUT2D eigenvalue weighted by Crippen LogP contribution is 2.38. The number of nitrogens with zero attached hydrogens (tertiary/aromatic N) is 1. The number of imide groups is 1. The Hall–Kier alpha value is -2.70. The van der Waals surface area contributed by atoms with E-state index in [1.54, 1.807) is 18.2 Å². The van der Waals surface area contributed by atoms with Crippen molar-refractivity contribution in [2.75, 3.05) is 14.2 Å². The first kappa shape index (κ1) is 17.1. The van der Waals surface area contributed by atoms with E-state index in [4.69, 9.17) is 9.47 Å². The van der Waals surface area contributed by atoms with Crippen LogP contribution in [0.5, 0.6) is 17.2 Å². The van der Waals surface area contributed by atoms with Gasteiger partial charge in [0.1, 0.15) is 5.70 Å². The Kier molecular flexibility index (Phi) is 4.83. The molecule has 1 aromatic rings. The second-order valence-electron chi connectivity index (χ2n) is 6.23. The van der Waals surface area contributed by atoms with Crippen LogP contribution in [0.3, 0.4) is 0 Å². The molecular weight excluding hydrogens is 324 g/mol. The maximum absolute atomic E-state index is 12.7. The Morgan fingerprint density at radius 1 is 1.12 bits per heavy atom. The van der Waals surface area contributed by atoms with Gasteiger partial charge in [-0.2, -0.15) is 0 Å². The maximum atomic E-state index is 12.7. The molecule has 134 valence electrons. The molecule has 1 aromatic carbocycles. The summed E-state index contributed by atoms with van der Waals surface area (Å²) in [6, 6.07) is 2.75. The molecule has 1 saturated carbocycles. The van der Waals surface area contributed by atoms with Gasteiger partial charge in [-0.25, -0.2) is 4.79 Å². The zero-order valence-corrected chi connectivity index (χ0v) is 14.4. The molecule has 7 heteroatoms. The summed E-state index contributed by atoms with van der Waals surface area (Å²) in [5.41, 5.74) is 0.797. The second-order valence-corrected chi connectivity index (χ2v) is 6.23. The van der Waals surface area contributed by atoms with Gasteiger partial charge in [0.05, 0.1) is 14.2 Å². The van der Waals surface area contributed by atoms with Gasteiger partial charge in [-0.15, -0.1) is 0 Å². The molecule has 2 aliphatic rings. The molecule has 3 amide bonds. The summed E-state index contributed by atoms with van der Waals surface area (Å²) < 4.78 is 10.2. The first-order valence-electron chi connectivity index (χ1n) is 8.36. The quantitative estimate of drug-likeness (QED) is 0.646. The molecule has 0 spiro atoms. The zero-order chi connectivity index (χ0) is 18.0. The van der Waals surface area contributed by atoms with Crippen molar-refractivity contribution in [3.05, 3.63) is 23.4 Å². The monoisotopic (exact) mass is 346 g/mol. The van der Waals surface area contributed by atoms with Crippen LogP contribution in [0, 0.1) is 0 Å². The van der Waals surface area contributed by atoms with Gasteiger partial charge >= 0.3 is 6.03 Å². The van der Waals surface area contributed by atoms with Crippen molar-refractivity contribution in [3.8, 4) is 17.2 Å². The zero-order valence-electron chi connectivity index (χ0n) is 14.4. The van der Waals surface area contributed by atoms with Crippen molar-refractivity contribution in [2.24, 2.45) is 0 Å². The minimum absolute atomic E-state index is 0.0314. The molecule has 25 heavy (non-hydrogen) atoms. The Labute approximate surface area is 146 Å². The third-order valence-corrected chi connectivity index (χ3v) is 4.66. The number of benzene rings is 1. The minimum Gasteiger partial charge on any atom is -0.502 e. The number of aromatic hydroxyl groups is 1. The van der Waals surface area contributed by atoms with Crippen molar-refractivity contribution in [3.63, 3.8) is 0 Å². The normalized spacial score (nSPS) is 20.1. The number of carbonyl (C=O) groups is 2. The van der Waals surface area contributed by atoms with Crippen LogP contribution in [0.25, 0.3) is 6.08 Å². The number of hydrogen-bond acceptors (Lipinski definition) is 5. The van der Waals surface area contributed by atoms with Crippen molar-refractivity contribution in [1.82, 2.24) is 10.2 Å². The molecule has 0 atom stereocenters. The van der Waals surface area contributed by atoms with E-state index >= 15 is 0 Å². The summed E-state index contributed by atoms with van der Waals surface area (Å²) in [7, 11) is 2.86. The van der Waals surface area contributed by atoms with E-state index in [9.17, 15) is 14.7 Å². The fraction of sp³-hybridized carbons (Fsp3) is 0.444. The van der Waals surface area contributed by atoms with Crippen molar-refractivity contribution >= 4 is 18.0 Å². The number of carbonyl (C=O) groups excluding carboxylic acids is 2. The summed E-state index contributed by atoms with van der Waals surface area (Å²) in [6.07, 6.45) is 6.49. The molecule has 0 unspecified atom stereocenters. The topological polar surface area (TPSA) is 88.1 Å². The molecule has 1 aliphatic heterocycles. The van der Waals surface area contributed by atoms with Crippen LogP contribution >= 0.6 is 0 Å². The van der Waals surface area contributed by atoms with Gasteiger partial charge in [0, 0.05) is 6.04 Å². The summed E-state index contributed by atoms with van der Waals surface area (Å²) in [5, 5.41) is 12.6. The molecule has 1 aliphatic carbocycles. The SMILES string of the molecule is COc1cc(/C=C2\NC(=O)N(C3CCCCC3)C2=O)cc(OC)c1O. The fourth-order valence-corrected chi connectivity index (χ4v) is 3.38. The van der Waals surface area contributed by atoms with Crippen LogP contribution in [0.2, 0.25) is 0 Å². The third kappa shape index (κ3) is 3.26. The maximum Gasteiger partial charge on any atom is 0.329 e. The number of methoxy groups -OCH3 is 2. The molecule has 0 radical (unpaired) electrons. The molecule has 1 saturated heterocycles. The Morgan fingerprint density at radius 3 is 2.28 bits per heavy atom. The third-order valence-electron chi connectivity index (χ3n) is 4.66. The Bertz CT molecular complexity index is 697. The predicted molar refractivity (Wildman–Crippen MR) is 91.4 cm³/mol. The molecule has 0 aromatic heterocycles. The van der Waals surface area contributed by atoms with E-state index in [0.29, 0.717) is 5.56 Å². The van der Waals surface area contributed by atoms with Gasteiger partial charge in [-0.3, -0.25) is 9.69 Å². The first-order valence-corrected chi connectivity index (χ1v) is 8.36. The Balaban J connectivity index is 1.89. The minimum atomic E-state index is -0.374. The van der Waals surface area contributed by atoms with Gasteiger partial charge in [0.25, 0.3) is 5.91 Å². The van der Waals surface area contributed by atoms with Crippen molar-refractivity contribution < 1.29 is 24.2 Å². The first-order chi connectivity index (χ1) is 12.0. The van der Waals surface area contributed by atoms with Crippen molar-refractivity contribution in [1.29, 1.82) is 0 Å². The van der Waals surface area contributed by atoms with E-state index in [-0.39, 0.29) is 40.9 Å². The molecule has 7 nitrogen and oxygen atoms in total. The average molecular weight is 346 g/mol. The number of phenolic OH excluding ortho intramolecular Hbond substituents is 1. The number of urea groups is 1. The molecular formula is C18H22N2O5. The lowest BCUT2D eigenvalue weighted by Crippen LogP contribution is -2.41. The highest BCUT2D eigenvalue weighted by atomic mass is 16.5. The van der Waals surface area contributed by atoms with Crippen LogP contribution in [0.15, 0.2) is 17.8 Å². The van der Waals surface area contributed by atoms with Crippen LogP contribution in [0.1, 0.15) is 37.7 Å². The molecule has 3 rings (SSSR count). The number of phenols is 1. The van der Waals surface area contributed by atoms with Crippen LogP contribution in [-0.4, -0.2) is 42.2 Å². The number of ether oxygens (including phenoxy) is 2. The highest BCUT2D eigenvalue weighted by Gasteiger charge is 2.38. The van der Waals surface area contributed by atoms with Gasteiger partial charge in [-0.1, -0.05) is 19.3 Å². The summed E-state index contributed by atoms with van der Waals surface area (Å²) >= 11 is 0. The number of nitrogens with one attached hydrogen (secondary N) is 1. The molecule has 2 fully saturated rings. The van der Waals surface area contributed by atoms with E-state index in [0.717, 1.165) is 32.1 Å². The second kappa shape index (κ2) is 7.04. The number of amides is 3. The summed E-state index contributed by atoms with van der Waals surface area (Å²) in [5.74, 6) is 0.0277.